The van der Waals surface area contributed by atoms with Crippen molar-refractivity contribution >= 4 is 11.6 Å². The molecule has 0 aliphatic rings. The third kappa shape index (κ3) is 3.06. The summed E-state index contributed by atoms with van der Waals surface area (Å²) in [7, 11) is 0. The van der Waals surface area contributed by atoms with Crippen LogP contribution in [0.4, 0.5) is 0 Å². The fraction of sp³-hybridized carbons (Fsp3) is 0.647. The lowest BCUT2D eigenvalue weighted by molar-refractivity contribution is 0.397. The standard InChI is InChI=1S/C17H27ClO2/c1-7-15(18)17(5,6)12-10-13(19)11(9-14(12)20)16(3,4)8-2/h9-10,15,19-20H,7-8H2,1-6H3. The van der Waals surface area contributed by atoms with Crippen molar-refractivity contribution in [3.8, 4) is 11.5 Å². The van der Waals surface area contributed by atoms with Crippen molar-refractivity contribution in [3.63, 3.8) is 0 Å². The van der Waals surface area contributed by atoms with Gasteiger partial charge in [0.15, 0.2) is 0 Å². The van der Waals surface area contributed by atoms with E-state index in [-0.39, 0.29) is 22.3 Å². The van der Waals surface area contributed by atoms with Gasteiger partial charge in [-0.25, -0.2) is 0 Å². The number of alkyl halides is 1. The lowest BCUT2D eigenvalue weighted by Crippen LogP contribution is -2.29. The van der Waals surface area contributed by atoms with Crippen LogP contribution in [0.1, 0.15) is 65.5 Å². The van der Waals surface area contributed by atoms with E-state index in [1.165, 1.54) is 0 Å². The van der Waals surface area contributed by atoms with E-state index in [1.54, 1.807) is 12.1 Å². The Morgan fingerprint density at radius 2 is 1.45 bits per heavy atom. The highest BCUT2D eigenvalue weighted by atomic mass is 35.5. The van der Waals surface area contributed by atoms with Gasteiger partial charge in [-0.05, 0) is 30.4 Å². The summed E-state index contributed by atoms with van der Waals surface area (Å²) < 4.78 is 0. The highest BCUT2D eigenvalue weighted by molar-refractivity contribution is 6.21. The van der Waals surface area contributed by atoms with Gasteiger partial charge < -0.3 is 10.2 Å². The fourth-order valence-corrected chi connectivity index (χ4v) is 2.62. The summed E-state index contributed by atoms with van der Waals surface area (Å²) in [4.78, 5) is 0. The number of benzene rings is 1. The van der Waals surface area contributed by atoms with E-state index in [1.807, 2.05) is 20.8 Å². The van der Waals surface area contributed by atoms with Crippen molar-refractivity contribution in [2.45, 2.75) is 70.6 Å². The van der Waals surface area contributed by atoms with Gasteiger partial charge in [0.25, 0.3) is 0 Å². The summed E-state index contributed by atoms with van der Waals surface area (Å²) >= 11 is 6.38. The van der Waals surface area contributed by atoms with E-state index >= 15 is 0 Å². The first-order valence-electron chi connectivity index (χ1n) is 7.28. The van der Waals surface area contributed by atoms with Gasteiger partial charge in [0.1, 0.15) is 11.5 Å². The van der Waals surface area contributed by atoms with E-state index in [2.05, 4.69) is 20.8 Å². The molecule has 1 atom stereocenters. The van der Waals surface area contributed by atoms with Crippen LogP contribution in [0.3, 0.4) is 0 Å². The fourth-order valence-electron chi connectivity index (χ4n) is 2.50. The van der Waals surface area contributed by atoms with Crippen LogP contribution in [0.25, 0.3) is 0 Å². The molecule has 3 heteroatoms. The monoisotopic (exact) mass is 298 g/mol. The number of rotatable bonds is 5. The minimum atomic E-state index is -0.396. The van der Waals surface area contributed by atoms with Gasteiger partial charge in [0.2, 0.25) is 0 Å². The molecule has 0 aliphatic carbocycles. The lowest BCUT2D eigenvalue weighted by Gasteiger charge is -2.32. The molecule has 0 saturated carbocycles. The van der Waals surface area contributed by atoms with Crippen molar-refractivity contribution in [2.24, 2.45) is 0 Å². The lowest BCUT2D eigenvalue weighted by atomic mass is 9.76. The second-order valence-corrected chi connectivity index (χ2v) is 7.25. The minimum absolute atomic E-state index is 0.0992. The summed E-state index contributed by atoms with van der Waals surface area (Å²) in [5, 5.41) is 20.6. The molecule has 1 unspecified atom stereocenters. The van der Waals surface area contributed by atoms with Crippen molar-refractivity contribution < 1.29 is 10.2 Å². The Balaban J connectivity index is 3.39. The highest BCUT2D eigenvalue weighted by Crippen LogP contribution is 2.43. The molecular weight excluding hydrogens is 272 g/mol. The molecule has 0 spiro atoms. The van der Waals surface area contributed by atoms with Crippen molar-refractivity contribution in [1.29, 1.82) is 0 Å². The first-order chi connectivity index (χ1) is 9.07. The van der Waals surface area contributed by atoms with Gasteiger partial charge in [-0.1, -0.05) is 41.5 Å². The first kappa shape index (κ1) is 17.2. The minimum Gasteiger partial charge on any atom is -0.508 e. The van der Waals surface area contributed by atoms with Crippen LogP contribution in [0.5, 0.6) is 11.5 Å². The average Bonchev–Trinajstić information content (AvgIpc) is 2.39. The molecule has 0 bridgehead atoms. The third-order valence-corrected chi connectivity index (χ3v) is 5.42. The molecule has 0 fully saturated rings. The summed E-state index contributed by atoms with van der Waals surface area (Å²) in [6, 6.07) is 3.36. The Labute approximate surface area is 127 Å². The van der Waals surface area contributed by atoms with Gasteiger partial charge >= 0.3 is 0 Å². The van der Waals surface area contributed by atoms with Gasteiger partial charge in [-0.2, -0.15) is 0 Å². The summed E-state index contributed by atoms with van der Waals surface area (Å²) in [5.74, 6) is 0.445. The molecule has 0 aliphatic heterocycles. The zero-order valence-corrected chi connectivity index (χ0v) is 14.2. The van der Waals surface area contributed by atoms with E-state index in [4.69, 9.17) is 11.6 Å². The predicted octanol–water partition coefficient (Wildman–Crippen LogP) is 5.08. The summed E-state index contributed by atoms with van der Waals surface area (Å²) in [6.07, 6.45) is 1.69. The van der Waals surface area contributed by atoms with Crippen LogP contribution in [0, 0.1) is 0 Å². The second-order valence-electron chi connectivity index (χ2n) is 6.72. The molecule has 114 valence electrons. The molecule has 0 amide bonds. The largest absolute Gasteiger partial charge is 0.508 e. The van der Waals surface area contributed by atoms with Crippen LogP contribution >= 0.6 is 11.6 Å². The Morgan fingerprint density at radius 1 is 1.00 bits per heavy atom. The average molecular weight is 299 g/mol. The number of phenols is 2. The van der Waals surface area contributed by atoms with Gasteiger partial charge in [0, 0.05) is 21.9 Å². The zero-order valence-electron chi connectivity index (χ0n) is 13.4. The maximum atomic E-state index is 10.4. The van der Waals surface area contributed by atoms with Crippen molar-refractivity contribution in [3.05, 3.63) is 23.3 Å². The molecule has 2 N–H and O–H groups in total. The molecule has 2 nitrogen and oxygen atoms in total. The zero-order chi connectivity index (χ0) is 15.7. The highest BCUT2D eigenvalue weighted by Gasteiger charge is 2.33. The molecule has 1 rings (SSSR count). The quantitative estimate of drug-likeness (QED) is 0.588. The van der Waals surface area contributed by atoms with Crippen LogP contribution in [-0.2, 0) is 10.8 Å². The van der Waals surface area contributed by atoms with E-state index in [0.29, 0.717) is 5.56 Å². The van der Waals surface area contributed by atoms with E-state index < -0.39 is 5.41 Å². The Morgan fingerprint density at radius 3 is 1.90 bits per heavy atom. The van der Waals surface area contributed by atoms with Crippen LogP contribution in [0.15, 0.2) is 12.1 Å². The summed E-state index contributed by atoms with van der Waals surface area (Å²) in [6.45, 7) is 12.2. The molecule has 0 radical (unpaired) electrons. The third-order valence-electron chi connectivity index (χ3n) is 4.56. The Bertz CT molecular complexity index is 478. The van der Waals surface area contributed by atoms with Gasteiger partial charge in [-0.15, -0.1) is 11.6 Å². The second kappa shape index (κ2) is 5.85. The molecule has 0 saturated heterocycles. The van der Waals surface area contributed by atoms with Crippen molar-refractivity contribution in [2.75, 3.05) is 0 Å². The first-order valence-corrected chi connectivity index (χ1v) is 7.72. The summed E-state index contributed by atoms with van der Waals surface area (Å²) in [5.41, 5.74) is 0.912. The number of hydrogen-bond acceptors (Lipinski definition) is 2. The SMILES string of the molecule is CCC(Cl)C(C)(C)c1cc(O)c(C(C)(C)CC)cc1O. The topological polar surface area (TPSA) is 40.5 Å². The van der Waals surface area contributed by atoms with E-state index in [9.17, 15) is 10.2 Å². The number of aromatic hydroxyl groups is 2. The Hall–Kier alpha value is -0.890. The maximum absolute atomic E-state index is 10.4. The molecule has 1 aromatic rings. The normalized spacial score (nSPS) is 14.3. The van der Waals surface area contributed by atoms with Gasteiger partial charge in [-0.3, -0.25) is 0 Å². The predicted molar refractivity (Wildman–Crippen MR) is 86.0 cm³/mol. The molecule has 1 aromatic carbocycles. The number of hydrogen-bond donors (Lipinski definition) is 2. The maximum Gasteiger partial charge on any atom is 0.119 e. The van der Waals surface area contributed by atoms with Crippen LogP contribution in [-0.4, -0.2) is 15.6 Å². The number of halogens is 1. The molecular formula is C17H27ClO2. The van der Waals surface area contributed by atoms with Crippen molar-refractivity contribution in [1.82, 2.24) is 0 Å². The molecule has 0 heterocycles. The smallest absolute Gasteiger partial charge is 0.119 e. The van der Waals surface area contributed by atoms with Gasteiger partial charge in [0.05, 0.1) is 0 Å². The van der Waals surface area contributed by atoms with Crippen LogP contribution in [0.2, 0.25) is 0 Å². The Kier molecular flexibility index (Phi) is 5.02. The molecule has 0 aromatic heterocycles. The van der Waals surface area contributed by atoms with E-state index in [0.717, 1.165) is 18.4 Å². The number of phenolic OH excluding ortho intramolecular Hbond substituents is 2. The molecule has 20 heavy (non-hydrogen) atoms. The van der Waals surface area contributed by atoms with Crippen LogP contribution < -0.4 is 0 Å².